The molecular weight excluding hydrogens is 346 g/mol. The topological polar surface area (TPSA) is 15.3 Å². The van der Waals surface area contributed by atoms with Crippen LogP contribution in [-0.2, 0) is 6.18 Å². The van der Waals surface area contributed by atoms with E-state index in [1.54, 1.807) is 4.90 Å². The molecule has 132 valence electrons. The van der Waals surface area contributed by atoms with Gasteiger partial charge in [0, 0.05) is 38.6 Å². The molecular formula is C14H17ClF6N2. The number of nitrogens with zero attached hydrogens (tertiary/aromatic N) is 1. The highest BCUT2D eigenvalue weighted by Gasteiger charge is 2.35. The number of benzene rings is 1. The van der Waals surface area contributed by atoms with E-state index >= 15 is 0 Å². The van der Waals surface area contributed by atoms with Crippen molar-refractivity contribution < 1.29 is 26.3 Å². The summed E-state index contributed by atoms with van der Waals surface area (Å²) in [6.07, 6.45) is -7.95. The van der Waals surface area contributed by atoms with Gasteiger partial charge in [0.15, 0.2) is 0 Å². The summed E-state index contributed by atoms with van der Waals surface area (Å²) in [5, 5.41) is 3.06. The summed E-state index contributed by atoms with van der Waals surface area (Å²) in [5.41, 5.74) is -1.24. The van der Waals surface area contributed by atoms with Crippen LogP contribution in [0.2, 0.25) is 0 Å². The molecule has 1 atom stereocenters. The maximum absolute atomic E-state index is 13.7. The summed E-state index contributed by atoms with van der Waals surface area (Å²) in [4.78, 5) is 1.74. The van der Waals surface area contributed by atoms with Crippen LogP contribution >= 0.6 is 12.4 Å². The van der Waals surface area contributed by atoms with Gasteiger partial charge in [-0.15, -0.1) is 12.4 Å². The highest BCUT2D eigenvalue weighted by Crippen LogP contribution is 2.34. The Morgan fingerprint density at radius 2 is 1.74 bits per heavy atom. The quantitative estimate of drug-likeness (QED) is 0.818. The van der Waals surface area contributed by atoms with Gasteiger partial charge in [0.1, 0.15) is 5.82 Å². The van der Waals surface area contributed by atoms with Crippen molar-refractivity contribution in [1.29, 1.82) is 0 Å². The first-order valence-electron chi connectivity index (χ1n) is 6.88. The number of alkyl halides is 5. The van der Waals surface area contributed by atoms with Crippen LogP contribution in [0.15, 0.2) is 18.2 Å². The summed E-state index contributed by atoms with van der Waals surface area (Å²) in [6, 6.07) is 1.63. The molecule has 1 aliphatic heterocycles. The van der Waals surface area contributed by atoms with Gasteiger partial charge in [-0.2, -0.15) is 13.2 Å². The van der Waals surface area contributed by atoms with Crippen LogP contribution in [0.3, 0.4) is 0 Å². The van der Waals surface area contributed by atoms with Crippen LogP contribution in [0, 0.1) is 5.82 Å². The van der Waals surface area contributed by atoms with Gasteiger partial charge in [-0.3, -0.25) is 4.90 Å². The Labute approximate surface area is 136 Å². The van der Waals surface area contributed by atoms with Gasteiger partial charge < -0.3 is 5.32 Å². The van der Waals surface area contributed by atoms with Gasteiger partial charge in [-0.1, -0.05) is 6.07 Å². The molecule has 1 heterocycles. The predicted octanol–water partition coefficient (Wildman–Crippen LogP) is 3.87. The molecule has 9 heteroatoms. The normalized spacial score (nSPS) is 17.9. The standard InChI is InChI=1S/C14H16F6N2.ClH/c15-11-7-9(1-2-10(11)14(18,19)20)12(8-13(16)17)22-5-3-21-4-6-22;/h1-2,7,12-13,21H,3-6,8H2;1H/t12-;/m1./s1. The minimum Gasteiger partial charge on any atom is -0.314 e. The molecule has 0 saturated carbocycles. The van der Waals surface area contributed by atoms with E-state index < -0.39 is 36.4 Å². The van der Waals surface area contributed by atoms with E-state index in [-0.39, 0.29) is 18.0 Å². The van der Waals surface area contributed by atoms with Crippen LogP contribution in [0.25, 0.3) is 0 Å². The van der Waals surface area contributed by atoms with Crippen LogP contribution in [-0.4, -0.2) is 37.5 Å². The molecule has 0 bridgehead atoms. The molecule has 1 N–H and O–H groups in total. The molecule has 0 amide bonds. The lowest BCUT2D eigenvalue weighted by Crippen LogP contribution is -2.45. The van der Waals surface area contributed by atoms with Crippen molar-refractivity contribution >= 4 is 12.4 Å². The number of hydrogen-bond donors (Lipinski definition) is 1. The van der Waals surface area contributed by atoms with E-state index in [2.05, 4.69) is 5.32 Å². The van der Waals surface area contributed by atoms with E-state index in [0.29, 0.717) is 32.2 Å². The smallest absolute Gasteiger partial charge is 0.314 e. The molecule has 2 rings (SSSR count). The summed E-state index contributed by atoms with van der Waals surface area (Å²) in [6.45, 7) is 2.17. The molecule has 0 aromatic heterocycles. The van der Waals surface area contributed by atoms with E-state index in [1.807, 2.05) is 0 Å². The Morgan fingerprint density at radius 1 is 1.13 bits per heavy atom. The Balaban J connectivity index is 0.00000264. The summed E-state index contributed by atoms with van der Waals surface area (Å²) in [7, 11) is 0. The van der Waals surface area contributed by atoms with E-state index in [0.717, 1.165) is 12.1 Å². The molecule has 0 radical (unpaired) electrons. The van der Waals surface area contributed by atoms with E-state index in [9.17, 15) is 26.3 Å². The molecule has 0 aliphatic carbocycles. The molecule has 1 aromatic carbocycles. The SMILES string of the molecule is Cl.Fc1cc([C@@H](CC(F)F)N2CCNCC2)ccc1C(F)(F)F. The third-order valence-electron chi connectivity index (χ3n) is 3.68. The largest absolute Gasteiger partial charge is 0.419 e. The molecule has 1 fully saturated rings. The van der Waals surface area contributed by atoms with Crippen molar-refractivity contribution in [3.05, 3.63) is 35.1 Å². The number of hydrogen-bond acceptors (Lipinski definition) is 2. The Kier molecular flexibility index (Phi) is 7.16. The molecule has 2 nitrogen and oxygen atoms in total. The maximum Gasteiger partial charge on any atom is 0.419 e. The van der Waals surface area contributed by atoms with Crippen LogP contribution in [0.1, 0.15) is 23.6 Å². The molecule has 0 spiro atoms. The second-order valence-electron chi connectivity index (χ2n) is 5.17. The number of rotatable bonds is 4. The van der Waals surface area contributed by atoms with Crippen molar-refractivity contribution in [2.24, 2.45) is 0 Å². The van der Waals surface area contributed by atoms with Crippen molar-refractivity contribution in [2.75, 3.05) is 26.2 Å². The minimum absolute atomic E-state index is 0. The van der Waals surface area contributed by atoms with Crippen molar-refractivity contribution in [2.45, 2.75) is 25.1 Å². The fourth-order valence-electron chi connectivity index (χ4n) is 2.63. The van der Waals surface area contributed by atoms with E-state index in [4.69, 9.17) is 0 Å². The molecule has 23 heavy (non-hydrogen) atoms. The van der Waals surface area contributed by atoms with Crippen LogP contribution in [0.4, 0.5) is 26.3 Å². The lowest BCUT2D eigenvalue weighted by atomic mass is 9.99. The van der Waals surface area contributed by atoms with E-state index in [1.165, 1.54) is 0 Å². The van der Waals surface area contributed by atoms with Gasteiger partial charge in [-0.05, 0) is 17.7 Å². The number of halogens is 7. The first-order valence-corrected chi connectivity index (χ1v) is 6.88. The molecule has 1 aromatic rings. The van der Waals surface area contributed by atoms with Gasteiger partial charge in [0.25, 0.3) is 0 Å². The van der Waals surface area contributed by atoms with Crippen LogP contribution < -0.4 is 5.32 Å². The maximum atomic E-state index is 13.7. The average molecular weight is 363 g/mol. The molecule has 0 unspecified atom stereocenters. The zero-order valence-corrected chi connectivity index (χ0v) is 12.9. The monoisotopic (exact) mass is 362 g/mol. The van der Waals surface area contributed by atoms with Crippen molar-refractivity contribution in [3.63, 3.8) is 0 Å². The zero-order chi connectivity index (χ0) is 16.3. The highest BCUT2D eigenvalue weighted by molar-refractivity contribution is 5.85. The third kappa shape index (κ3) is 5.26. The lowest BCUT2D eigenvalue weighted by Gasteiger charge is -2.35. The second kappa shape index (κ2) is 8.21. The number of nitrogens with one attached hydrogen (secondary N) is 1. The fraction of sp³-hybridized carbons (Fsp3) is 0.571. The zero-order valence-electron chi connectivity index (χ0n) is 12.0. The Hall–Kier alpha value is -0.990. The summed E-state index contributed by atoms with van der Waals surface area (Å²) < 4.78 is 76.9. The Morgan fingerprint density at radius 3 is 2.22 bits per heavy atom. The average Bonchev–Trinajstić information content (AvgIpc) is 2.44. The highest BCUT2D eigenvalue weighted by atomic mass is 35.5. The predicted molar refractivity (Wildman–Crippen MR) is 76.5 cm³/mol. The van der Waals surface area contributed by atoms with Gasteiger partial charge >= 0.3 is 6.18 Å². The Bertz CT molecular complexity index is 503. The molecule has 1 aliphatic rings. The van der Waals surface area contributed by atoms with Gasteiger partial charge in [0.2, 0.25) is 6.43 Å². The fourth-order valence-corrected chi connectivity index (χ4v) is 2.63. The molecule has 1 saturated heterocycles. The first-order chi connectivity index (χ1) is 10.3. The van der Waals surface area contributed by atoms with Crippen molar-refractivity contribution in [3.8, 4) is 0 Å². The lowest BCUT2D eigenvalue weighted by molar-refractivity contribution is -0.140. The van der Waals surface area contributed by atoms with Gasteiger partial charge in [-0.25, -0.2) is 13.2 Å². The second-order valence-corrected chi connectivity index (χ2v) is 5.17. The summed E-state index contributed by atoms with van der Waals surface area (Å²) in [5.74, 6) is -1.43. The summed E-state index contributed by atoms with van der Waals surface area (Å²) >= 11 is 0. The third-order valence-corrected chi connectivity index (χ3v) is 3.68. The first kappa shape index (κ1) is 20.1. The van der Waals surface area contributed by atoms with Crippen molar-refractivity contribution in [1.82, 2.24) is 10.2 Å². The number of piperazine rings is 1. The van der Waals surface area contributed by atoms with Gasteiger partial charge in [0.05, 0.1) is 5.56 Å². The van der Waals surface area contributed by atoms with Crippen LogP contribution in [0.5, 0.6) is 0 Å². The minimum atomic E-state index is -4.80.